The fourth-order valence-electron chi connectivity index (χ4n) is 0.542. The van der Waals surface area contributed by atoms with E-state index in [0.717, 1.165) is 0 Å². The van der Waals surface area contributed by atoms with E-state index >= 15 is 0 Å². The van der Waals surface area contributed by atoms with Crippen molar-refractivity contribution < 1.29 is 20.1 Å². The highest BCUT2D eigenvalue weighted by atomic mass is 32.1. The third-order valence-corrected chi connectivity index (χ3v) is 1.68. The maximum atomic E-state index is 9.97. The van der Waals surface area contributed by atoms with Crippen molar-refractivity contribution in [1.29, 1.82) is 0 Å². The molecule has 0 saturated heterocycles. The van der Waals surface area contributed by atoms with E-state index in [4.69, 9.17) is 15.3 Å². The number of carboxylic acids is 1. The molecule has 90 valence electrons. The molecular formula is C9H19NO4S. The normalized spacial score (nSPS) is 11.1. The van der Waals surface area contributed by atoms with Gasteiger partial charge in [0.25, 0.3) is 0 Å². The molecule has 1 atom stereocenters. The molecule has 0 spiro atoms. The highest BCUT2D eigenvalue weighted by molar-refractivity contribution is 7.81. The van der Waals surface area contributed by atoms with Crippen molar-refractivity contribution in [3.05, 3.63) is 12.7 Å². The summed E-state index contributed by atoms with van der Waals surface area (Å²) >= 11 is 3.73. The van der Waals surface area contributed by atoms with Crippen molar-refractivity contribution in [2.45, 2.75) is 11.7 Å². The van der Waals surface area contributed by atoms with Crippen molar-refractivity contribution >= 4 is 18.6 Å². The summed E-state index contributed by atoms with van der Waals surface area (Å²) in [5.41, 5.74) is 0. The van der Waals surface area contributed by atoms with Crippen LogP contribution in [0.3, 0.4) is 0 Å². The number of aliphatic hydroxyl groups excluding tert-OH is 2. The predicted molar refractivity (Wildman–Crippen MR) is 62.3 cm³/mol. The van der Waals surface area contributed by atoms with E-state index in [-0.39, 0.29) is 13.2 Å². The number of aliphatic hydroxyl groups is 2. The van der Waals surface area contributed by atoms with Gasteiger partial charge in [-0.1, -0.05) is 6.08 Å². The molecule has 0 aliphatic carbocycles. The largest absolute Gasteiger partial charge is 0.480 e. The van der Waals surface area contributed by atoms with Crippen LogP contribution >= 0.6 is 12.6 Å². The third-order valence-electron chi connectivity index (χ3n) is 1.25. The summed E-state index contributed by atoms with van der Waals surface area (Å²) in [5, 5.41) is 26.7. The van der Waals surface area contributed by atoms with Gasteiger partial charge in [0.2, 0.25) is 0 Å². The highest BCUT2D eigenvalue weighted by Gasteiger charge is 2.07. The van der Waals surface area contributed by atoms with Crippen molar-refractivity contribution in [2.24, 2.45) is 0 Å². The van der Waals surface area contributed by atoms with E-state index in [9.17, 15) is 4.79 Å². The second-order valence-electron chi connectivity index (χ2n) is 2.58. The van der Waals surface area contributed by atoms with Gasteiger partial charge in [0, 0.05) is 13.1 Å². The van der Waals surface area contributed by atoms with Gasteiger partial charge < -0.3 is 20.6 Å². The van der Waals surface area contributed by atoms with E-state index in [1.165, 1.54) is 6.08 Å². The lowest BCUT2D eigenvalue weighted by Gasteiger charge is -1.96. The molecule has 1 unspecified atom stereocenters. The number of thiol groups is 1. The molecule has 0 aliphatic heterocycles. The second kappa shape index (κ2) is 13.4. The Bertz CT molecular complexity index is 162. The molecular weight excluding hydrogens is 218 g/mol. The van der Waals surface area contributed by atoms with Crippen LogP contribution in [0, 0.1) is 0 Å². The minimum atomic E-state index is -0.895. The summed E-state index contributed by atoms with van der Waals surface area (Å²) in [5.74, 6) is -0.895. The van der Waals surface area contributed by atoms with Crippen molar-refractivity contribution in [2.75, 3.05) is 26.3 Å². The molecule has 15 heavy (non-hydrogen) atoms. The topological polar surface area (TPSA) is 89.8 Å². The first-order chi connectivity index (χ1) is 7.09. The Morgan fingerprint density at radius 1 is 1.40 bits per heavy atom. The van der Waals surface area contributed by atoms with Gasteiger partial charge in [0.05, 0.1) is 13.2 Å². The first-order valence-corrected chi connectivity index (χ1v) is 5.06. The number of hydrogen-bond acceptors (Lipinski definition) is 5. The molecule has 5 nitrogen and oxygen atoms in total. The molecule has 4 N–H and O–H groups in total. The van der Waals surface area contributed by atoms with Gasteiger partial charge >= 0.3 is 5.97 Å². The van der Waals surface area contributed by atoms with Crippen molar-refractivity contribution in [3.63, 3.8) is 0 Å². The Morgan fingerprint density at radius 2 is 1.87 bits per heavy atom. The van der Waals surface area contributed by atoms with Gasteiger partial charge in [-0.3, -0.25) is 4.79 Å². The Kier molecular flexibility index (Phi) is 15.1. The summed E-state index contributed by atoms with van der Waals surface area (Å²) < 4.78 is 0. The molecule has 0 amide bonds. The number of rotatable bonds is 7. The maximum Gasteiger partial charge on any atom is 0.316 e. The average molecular weight is 237 g/mol. The van der Waals surface area contributed by atoms with Crippen LogP contribution < -0.4 is 5.32 Å². The van der Waals surface area contributed by atoms with Crippen LogP contribution in [-0.2, 0) is 4.79 Å². The number of carboxylic acid groups (broad SMARTS) is 1. The molecule has 0 aromatic heterocycles. The third kappa shape index (κ3) is 16.1. The van der Waals surface area contributed by atoms with Gasteiger partial charge in [-0.25, -0.2) is 0 Å². The zero-order valence-corrected chi connectivity index (χ0v) is 9.49. The first kappa shape index (κ1) is 16.9. The van der Waals surface area contributed by atoms with Crippen LogP contribution in [0.15, 0.2) is 12.7 Å². The van der Waals surface area contributed by atoms with Gasteiger partial charge in [-0.2, -0.15) is 12.6 Å². The number of allylic oxidation sites excluding steroid dienone is 1. The zero-order valence-electron chi connectivity index (χ0n) is 8.59. The van der Waals surface area contributed by atoms with Crippen LogP contribution in [0.1, 0.15) is 6.42 Å². The zero-order chi connectivity index (χ0) is 12.1. The summed E-state index contributed by atoms with van der Waals surface area (Å²) in [4.78, 5) is 9.97. The van der Waals surface area contributed by atoms with Crippen LogP contribution in [0.25, 0.3) is 0 Å². The van der Waals surface area contributed by atoms with Gasteiger partial charge in [0.15, 0.2) is 0 Å². The molecule has 6 heteroatoms. The maximum absolute atomic E-state index is 9.97. The lowest BCUT2D eigenvalue weighted by atomic mass is 10.3. The Balaban J connectivity index is 0. The quantitative estimate of drug-likeness (QED) is 0.234. The molecule has 0 aromatic carbocycles. The molecule has 0 fully saturated rings. The van der Waals surface area contributed by atoms with Gasteiger partial charge in [-0.05, 0) is 6.42 Å². The van der Waals surface area contributed by atoms with Crippen LogP contribution in [0.2, 0.25) is 0 Å². The smallest absolute Gasteiger partial charge is 0.316 e. The lowest BCUT2D eigenvalue weighted by molar-refractivity contribution is -0.136. The summed E-state index contributed by atoms with van der Waals surface area (Å²) in [6, 6.07) is 0. The minimum absolute atomic E-state index is 0.139. The number of nitrogens with one attached hydrogen (secondary N) is 1. The predicted octanol–water partition coefficient (Wildman–Crippen LogP) is -0.494. The van der Waals surface area contributed by atoms with Gasteiger partial charge in [0.1, 0.15) is 5.25 Å². The van der Waals surface area contributed by atoms with Crippen LogP contribution in [0.5, 0.6) is 0 Å². The van der Waals surface area contributed by atoms with Crippen LogP contribution in [-0.4, -0.2) is 52.8 Å². The number of aliphatic carboxylic acids is 1. The molecule has 0 aliphatic rings. The van der Waals surface area contributed by atoms with E-state index in [2.05, 4.69) is 24.5 Å². The Morgan fingerprint density at radius 3 is 2.07 bits per heavy atom. The van der Waals surface area contributed by atoms with Crippen molar-refractivity contribution in [3.8, 4) is 0 Å². The average Bonchev–Trinajstić information content (AvgIpc) is 2.20. The lowest BCUT2D eigenvalue weighted by Crippen LogP contribution is -2.21. The molecule has 0 saturated carbocycles. The highest BCUT2D eigenvalue weighted by Crippen LogP contribution is 2.00. The Labute approximate surface area is 95.2 Å². The SMILES string of the molecule is C=CCC(S)C(=O)O.OCCNCCO. The van der Waals surface area contributed by atoms with E-state index in [1.807, 2.05) is 0 Å². The fraction of sp³-hybridized carbons (Fsp3) is 0.667. The minimum Gasteiger partial charge on any atom is -0.480 e. The monoisotopic (exact) mass is 237 g/mol. The Hall–Kier alpha value is -0.560. The second-order valence-corrected chi connectivity index (χ2v) is 3.20. The number of carbonyl (C=O) groups is 1. The molecule has 0 radical (unpaired) electrons. The molecule has 0 aromatic rings. The molecule has 0 heterocycles. The first-order valence-electron chi connectivity index (χ1n) is 4.54. The summed E-state index contributed by atoms with van der Waals surface area (Å²) in [7, 11) is 0. The summed E-state index contributed by atoms with van der Waals surface area (Å²) in [6.45, 7) is 4.79. The number of hydrogen-bond donors (Lipinski definition) is 5. The van der Waals surface area contributed by atoms with Gasteiger partial charge in [-0.15, -0.1) is 6.58 Å². The summed E-state index contributed by atoms with van der Waals surface area (Å²) in [6.07, 6.45) is 1.95. The molecule has 0 rings (SSSR count). The van der Waals surface area contributed by atoms with E-state index < -0.39 is 11.2 Å². The van der Waals surface area contributed by atoms with E-state index in [0.29, 0.717) is 19.5 Å². The fourth-order valence-corrected chi connectivity index (χ4v) is 0.691. The molecule has 0 bridgehead atoms. The van der Waals surface area contributed by atoms with Crippen molar-refractivity contribution in [1.82, 2.24) is 5.32 Å². The standard InChI is InChI=1S/C5H8O2S.C4H11NO2/c1-2-3-4(8)5(6)7;6-3-1-5-2-4-7/h2,4,8H,1,3H2,(H,6,7);5-7H,1-4H2. The van der Waals surface area contributed by atoms with E-state index in [1.54, 1.807) is 0 Å². The van der Waals surface area contributed by atoms with Crippen LogP contribution in [0.4, 0.5) is 0 Å².